The third-order valence-electron chi connectivity index (χ3n) is 13.5. The molecule has 3 nitrogen and oxygen atoms in total. The maximum absolute atomic E-state index is 6.49. The van der Waals surface area contributed by atoms with Crippen molar-refractivity contribution < 1.29 is 4.42 Å². The molecule has 0 saturated carbocycles. The smallest absolute Gasteiger partial charge is 0.179 e. The molecule has 0 aliphatic carbocycles. The van der Waals surface area contributed by atoms with Crippen molar-refractivity contribution in [1.29, 1.82) is 0 Å². The number of hydrogen-bond donors (Lipinski definition) is 0. The van der Waals surface area contributed by atoms with Crippen LogP contribution in [0.5, 0.6) is 0 Å². The lowest BCUT2D eigenvalue weighted by molar-refractivity contribution is 0.669. The maximum atomic E-state index is 6.49. The Bertz CT molecular complexity index is 3840. The van der Waals surface area contributed by atoms with E-state index >= 15 is 0 Å². The first-order chi connectivity index (χ1) is 31.8. The number of benzene rings is 10. The summed E-state index contributed by atoms with van der Waals surface area (Å²) >= 11 is 0. The van der Waals surface area contributed by atoms with Gasteiger partial charge in [-0.1, -0.05) is 176 Å². The lowest BCUT2D eigenvalue weighted by Crippen LogP contribution is -2.74. The zero-order valence-corrected chi connectivity index (χ0v) is 35.9. The van der Waals surface area contributed by atoms with E-state index in [2.05, 4.69) is 252 Å². The largest absolute Gasteiger partial charge is 0.456 e. The van der Waals surface area contributed by atoms with Crippen molar-refractivity contribution in [2.45, 2.75) is 0 Å². The van der Waals surface area contributed by atoms with E-state index in [4.69, 9.17) is 4.42 Å². The third-order valence-corrected chi connectivity index (χ3v) is 18.2. The topological polar surface area (TPSA) is 23.0 Å². The minimum Gasteiger partial charge on any atom is -0.456 e. The molecular formula is C60H40N2OSi. The monoisotopic (exact) mass is 832 g/mol. The minimum absolute atomic E-state index is 0.896. The summed E-state index contributed by atoms with van der Waals surface area (Å²) in [4.78, 5) is 0. The number of aromatic nitrogens is 2. The summed E-state index contributed by atoms with van der Waals surface area (Å²) in [5.74, 6) is 0. The summed E-state index contributed by atoms with van der Waals surface area (Å²) in [5.41, 5.74) is 11.2. The van der Waals surface area contributed by atoms with Gasteiger partial charge in [0.05, 0.1) is 27.5 Å². The standard InChI is InChI=1S/C60H40N2OSi/c1-4-17-43(18-5-1)61-54-28-13-11-26-50(54)53-39-42(33-37-56(53)61)41-31-34-47(35-32-41)64(45-20-6-2-7-21-45,46-22-8-3-9-23-46)48-24-16-19-44(40-48)62-55-29-14-10-25-49(55)51-36-38-58-59(60(51)62)52-27-12-15-30-57(52)63-58/h1-40H. The second-order valence-electron chi connectivity index (χ2n) is 16.8. The fraction of sp³-hybridized carbons (Fsp3) is 0. The minimum atomic E-state index is -2.94. The molecule has 0 aliphatic heterocycles. The number of para-hydroxylation sites is 4. The van der Waals surface area contributed by atoms with E-state index in [1.165, 1.54) is 81.2 Å². The van der Waals surface area contributed by atoms with Crippen molar-refractivity contribution in [2.75, 3.05) is 0 Å². The molecule has 0 spiro atoms. The quantitative estimate of drug-likeness (QED) is 0.116. The molecule has 0 N–H and O–H groups in total. The van der Waals surface area contributed by atoms with Crippen LogP contribution in [0.4, 0.5) is 0 Å². The molecule has 0 unspecified atom stereocenters. The van der Waals surface area contributed by atoms with Gasteiger partial charge in [-0.15, -0.1) is 0 Å². The van der Waals surface area contributed by atoms with Crippen molar-refractivity contribution in [1.82, 2.24) is 9.13 Å². The third kappa shape index (κ3) is 5.39. The zero-order chi connectivity index (χ0) is 42.2. The van der Waals surface area contributed by atoms with Crippen LogP contribution < -0.4 is 20.7 Å². The summed E-state index contributed by atoms with van der Waals surface area (Å²) in [6.07, 6.45) is 0. The van der Waals surface area contributed by atoms with Crippen LogP contribution in [-0.2, 0) is 0 Å². The SMILES string of the molecule is c1ccc(-n2c3ccccc3c3cc(-c4ccc([Si](c5ccccc5)(c5ccccc5)c5cccc(-n6c7ccccc7c7ccc8oc9ccccc9c8c76)c5)cc4)ccc32)cc1. The number of nitrogens with zero attached hydrogens (tertiary/aromatic N) is 2. The van der Waals surface area contributed by atoms with Gasteiger partial charge in [-0.2, -0.15) is 0 Å². The van der Waals surface area contributed by atoms with E-state index in [-0.39, 0.29) is 0 Å². The highest BCUT2D eigenvalue weighted by Gasteiger charge is 2.41. The second kappa shape index (κ2) is 14.5. The van der Waals surface area contributed by atoms with Crippen molar-refractivity contribution in [2.24, 2.45) is 0 Å². The molecule has 0 atom stereocenters. The first kappa shape index (κ1) is 36.5. The number of rotatable bonds is 7. The lowest BCUT2D eigenvalue weighted by Gasteiger charge is -2.35. The molecule has 0 aliphatic rings. The van der Waals surface area contributed by atoms with Gasteiger partial charge in [-0.05, 0) is 98.6 Å². The second-order valence-corrected chi connectivity index (χ2v) is 20.6. The van der Waals surface area contributed by atoms with Gasteiger partial charge in [0.25, 0.3) is 0 Å². The Morgan fingerprint density at radius 2 is 0.828 bits per heavy atom. The zero-order valence-electron chi connectivity index (χ0n) is 34.9. The Labute approximate surface area is 371 Å². The number of fused-ring (bicyclic) bond motifs is 10. The molecule has 0 saturated heterocycles. The van der Waals surface area contributed by atoms with Crippen molar-refractivity contribution >= 4 is 94.4 Å². The normalized spacial score (nSPS) is 12.1. The highest BCUT2D eigenvalue weighted by atomic mass is 28.3. The molecule has 300 valence electrons. The van der Waals surface area contributed by atoms with E-state index in [0.717, 1.165) is 27.6 Å². The molecule has 0 radical (unpaired) electrons. The predicted molar refractivity (Wildman–Crippen MR) is 271 cm³/mol. The van der Waals surface area contributed by atoms with E-state index in [1.807, 2.05) is 0 Å². The van der Waals surface area contributed by atoms with E-state index in [0.29, 0.717) is 0 Å². The molecular weight excluding hydrogens is 793 g/mol. The van der Waals surface area contributed by atoms with Gasteiger partial charge in [0, 0.05) is 38.3 Å². The van der Waals surface area contributed by atoms with Crippen LogP contribution in [0.1, 0.15) is 0 Å². The fourth-order valence-electron chi connectivity index (χ4n) is 10.7. The Kier molecular flexibility index (Phi) is 8.23. The van der Waals surface area contributed by atoms with Gasteiger partial charge in [0.1, 0.15) is 11.2 Å². The Balaban J connectivity index is 1.02. The molecule has 13 aromatic rings. The van der Waals surface area contributed by atoms with Crippen molar-refractivity contribution in [3.63, 3.8) is 0 Å². The van der Waals surface area contributed by atoms with Crippen LogP contribution in [0.3, 0.4) is 0 Å². The highest BCUT2D eigenvalue weighted by Crippen LogP contribution is 2.41. The Morgan fingerprint density at radius 3 is 1.55 bits per heavy atom. The molecule has 0 bridgehead atoms. The maximum Gasteiger partial charge on any atom is 0.179 e. The van der Waals surface area contributed by atoms with Crippen molar-refractivity contribution in [3.05, 3.63) is 243 Å². The molecule has 4 heteroatoms. The van der Waals surface area contributed by atoms with Gasteiger partial charge in [-0.3, -0.25) is 0 Å². The van der Waals surface area contributed by atoms with Crippen LogP contribution in [0.25, 0.3) is 88.1 Å². The van der Waals surface area contributed by atoms with Crippen molar-refractivity contribution in [3.8, 4) is 22.5 Å². The summed E-state index contributed by atoms with van der Waals surface area (Å²) in [6, 6.07) is 89.3. The summed E-state index contributed by atoms with van der Waals surface area (Å²) in [6.45, 7) is 0. The van der Waals surface area contributed by atoms with Crippen LogP contribution in [0.15, 0.2) is 247 Å². The van der Waals surface area contributed by atoms with Gasteiger partial charge in [0.15, 0.2) is 8.07 Å². The van der Waals surface area contributed by atoms with Crippen LogP contribution >= 0.6 is 0 Å². The summed E-state index contributed by atoms with van der Waals surface area (Å²) in [7, 11) is -2.94. The molecule has 10 aromatic carbocycles. The highest BCUT2D eigenvalue weighted by molar-refractivity contribution is 7.19. The number of furan rings is 1. The van der Waals surface area contributed by atoms with E-state index in [9.17, 15) is 0 Å². The van der Waals surface area contributed by atoms with Crippen LogP contribution in [0.2, 0.25) is 0 Å². The van der Waals surface area contributed by atoms with Gasteiger partial charge < -0.3 is 13.6 Å². The average Bonchev–Trinajstić information content (AvgIpc) is 4.03. The summed E-state index contributed by atoms with van der Waals surface area (Å²) < 4.78 is 11.3. The first-order valence-electron chi connectivity index (χ1n) is 22.0. The van der Waals surface area contributed by atoms with Gasteiger partial charge in [-0.25, -0.2) is 0 Å². The Hall–Kier alpha value is -8.18. The lowest BCUT2D eigenvalue weighted by atomic mass is 10.0. The van der Waals surface area contributed by atoms with E-state index < -0.39 is 8.07 Å². The summed E-state index contributed by atoms with van der Waals surface area (Å²) in [5, 5.41) is 12.5. The van der Waals surface area contributed by atoms with E-state index in [1.54, 1.807) is 0 Å². The predicted octanol–water partition coefficient (Wildman–Crippen LogP) is 12.8. The van der Waals surface area contributed by atoms with Gasteiger partial charge >= 0.3 is 0 Å². The number of hydrogen-bond acceptors (Lipinski definition) is 1. The molecule has 13 rings (SSSR count). The molecule has 3 aromatic heterocycles. The average molecular weight is 833 g/mol. The Morgan fingerprint density at radius 1 is 0.297 bits per heavy atom. The van der Waals surface area contributed by atoms with Crippen LogP contribution in [-0.4, -0.2) is 17.2 Å². The van der Waals surface area contributed by atoms with Gasteiger partial charge in [0.2, 0.25) is 0 Å². The fourth-order valence-corrected chi connectivity index (χ4v) is 15.5. The molecule has 0 amide bonds. The van der Waals surface area contributed by atoms with Crippen LogP contribution in [0, 0.1) is 0 Å². The molecule has 0 fully saturated rings. The first-order valence-corrected chi connectivity index (χ1v) is 24.0. The molecule has 3 heterocycles. The molecule has 64 heavy (non-hydrogen) atoms.